The molecule has 5 heterocycles. The molecule has 5 aliphatic carbocycles. The fourth-order valence-corrected chi connectivity index (χ4v) is 13.9. The molecule has 1 aromatic rings. The van der Waals surface area contributed by atoms with Crippen LogP contribution in [0.15, 0.2) is 18.2 Å². The summed E-state index contributed by atoms with van der Waals surface area (Å²) in [5.74, 6) is 1.04. The molecule has 14 atom stereocenters. The van der Waals surface area contributed by atoms with Crippen LogP contribution in [0.5, 0.6) is 0 Å². The van der Waals surface area contributed by atoms with Gasteiger partial charge < -0.3 is 33.8 Å². The molecular weight excluding hydrogens is 666 g/mol. The van der Waals surface area contributed by atoms with E-state index in [1.54, 1.807) is 0 Å². The second kappa shape index (κ2) is 11.2. The van der Waals surface area contributed by atoms with Crippen LogP contribution >= 0.6 is 0 Å². The average molecular weight is 732 g/mol. The normalized spacial score (nSPS) is 51.0. The summed E-state index contributed by atoms with van der Waals surface area (Å²) in [4.78, 5) is 17.8. The van der Waals surface area contributed by atoms with Gasteiger partial charge in [0, 0.05) is 39.1 Å². The average Bonchev–Trinajstić information content (AvgIpc) is 3.83. The van der Waals surface area contributed by atoms with Gasteiger partial charge in [0.2, 0.25) is 0 Å². The van der Waals surface area contributed by atoms with Crippen LogP contribution in [0.25, 0.3) is 6.08 Å². The summed E-state index contributed by atoms with van der Waals surface area (Å²) in [5.41, 5.74) is 3.54. The molecule has 8 nitrogen and oxygen atoms in total. The van der Waals surface area contributed by atoms with Crippen molar-refractivity contribution in [1.29, 1.82) is 0 Å². The molecule has 0 radical (unpaired) electrons. The van der Waals surface area contributed by atoms with Crippen LogP contribution in [0.3, 0.4) is 0 Å². The number of H-pyrrole nitrogens is 1. The van der Waals surface area contributed by atoms with Crippen LogP contribution in [0.2, 0.25) is 0 Å². The number of carbonyl (C=O) groups excluding carboxylic acids is 1. The Morgan fingerprint density at radius 3 is 2.28 bits per heavy atom. The molecule has 4 saturated heterocycles. The zero-order valence-electron chi connectivity index (χ0n) is 34.2. The van der Waals surface area contributed by atoms with E-state index in [1.807, 2.05) is 6.08 Å². The number of carbonyl (C=O) groups is 1. The van der Waals surface area contributed by atoms with E-state index in [9.17, 15) is 9.90 Å². The van der Waals surface area contributed by atoms with E-state index < -0.39 is 11.2 Å². The summed E-state index contributed by atoms with van der Waals surface area (Å²) in [6.07, 6.45) is 10.8. The maximum Gasteiger partial charge on any atom is 0.168 e. The zero-order valence-corrected chi connectivity index (χ0v) is 34.2. The molecule has 53 heavy (non-hydrogen) atoms. The molecule has 7 fully saturated rings. The van der Waals surface area contributed by atoms with Gasteiger partial charge in [-0.15, -0.1) is 0 Å². The third-order valence-electron chi connectivity index (χ3n) is 17.5. The van der Waals surface area contributed by atoms with E-state index in [4.69, 9.17) is 23.7 Å². The van der Waals surface area contributed by atoms with Crippen LogP contribution in [0, 0.1) is 34.5 Å². The number of fused-ring (bicyclic) bond motifs is 10. The summed E-state index contributed by atoms with van der Waals surface area (Å²) in [6, 6.07) is 0. The molecule has 0 amide bonds. The highest BCUT2D eigenvalue weighted by atomic mass is 16.7. The number of ether oxygens (including phenoxy) is 5. The lowest BCUT2D eigenvalue weighted by atomic mass is 9.40. The molecule has 0 bridgehead atoms. The Morgan fingerprint density at radius 1 is 0.906 bits per heavy atom. The van der Waals surface area contributed by atoms with Gasteiger partial charge in [0.05, 0.1) is 52.7 Å². The van der Waals surface area contributed by atoms with Crippen molar-refractivity contribution >= 4 is 11.9 Å². The predicted molar refractivity (Wildman–Crippen MR) is 203 cm³/mol. The number of Topliss-reactive ketones (excluding diaryl/α,β-unsaturated/α-hetero) is 1. The lowest BCUT2D eigenvalue weighted by molar-refractivity contribution is -0.345. The van der Waals surface area contributed by atoms with Gasteiger partial charge in [-0.25, -0.2) is 0 Å². The van der Waals surface area contributed by atoms with Crippen molar-refractivity contribution in [2.45, 2.75) is 185 Å². The number of rotatable bonds is 0. The molecular formula is C45H65NO7. The fraction of sp³-hybridized carbons (Fsp3) is 0.800. The quantitative estimate of drug-likeness (QED) is 0.206. The Morgan fingerprint density at radius 2 is 1.60 bits per heavy atom. The number of nitrogens with one attached hydrogen (secondary N) is 1. The monoisotopic (exact) mass is 731 g/mol. The lowest BCUT2D eigenvalue weighted by Crippen LogP contribution is -2.74. The first-order chi connectivity index (χ1) is 24.6. The summed E-state index contributed by atoms with van der Waals surface area (Å²) in [5, 5.41) is 13.4. The molecule has 3 saturated carbocycles. The number of ketones is 1. The predicted octanol–water partition coefficient (Wildman–Crippen LogP) is 7.95. The summed E-state index contributed by atoms with van der Waals surface area (Å²) in [7, 11) is 0. The third kappa shape index (κ3) is 4.66. The Hall–Kier alpha value is -1.81. The van der Waals surface area contributed by atoms with Gasteiger partial charge in [-0.3, -0.25) is 4.79 Å². The van der Waals surface area contributed by atoms with Crippen molar-refractivity contribution in [3.8, 4) is 0 Å². The summed E-state index contributed by atoms with van der Waals surface area (Å²) < 4.78 is 30.8. The number of aromatic amines is 1. The van der Waals surface area contributed by atoms with Crippen molar-refractivity contribution < 1.29 is 33.6 Å². The lowest BCUT2D eigenvalue weighted by Gasteiger charge is -2.68. The Balaban J connectivity index is 0.000000567. The number of aliphatic hydroxyl groups is 1. The first-order valence-corrected chi connectivity index (χ1v) is 20.8. The Labute approximate surface area is 317 Å². The second-order valence-electron chi connectivity index (χ2n) is 20.9. The highest BCUT2D eigenvalue weighted by molar-refractivity contribution is 6.00. The largest absolute Gasteiger partial charge is 0.389 e. The highest BCUT2D eigenvalue weighted by Gasteiger charge is 2.84. The second-order valence-corrected chi connectivity index (χ2v) is 20.9. The molecule has 8 heteroatoms. The van der Waals surface area contributed by atoms with Gasteiger partial charge >= 0.3 is 0 Å². The summed E-state index contributed by atoms with van der Waals surface area (Å²) >= 11 is 0. The van der Waals surface area contributed by atoms with Crippen molar-refractivity contribution in [3.05, 3.63) is 40.7 Å². The Kier molecular flexibility index (Phi) is 7.77. The molecule has 1 aromatic heterocycles. The summed E-state index contributed by atoms with van der Waals surface area (Å²) in [6.45, 7) is 28.6. The molecule has 1 spiro atoms. The molecule has 4 aliphatic heterocycles. The topological polar surface area (TPSA) is 103 Å². The zero-order chi connectivity index (χ0) is 38.1. The number of epoxide rings is 1. The SMILES string of the molecule is C=C1/C=C\c2[nH]c3c(c2C(C)CC2C(C1=O)C(C)OC2(C)C)CC1CC[C@]2(O)[C@](C)(CCC4O[C@H]5[C@@H](OCOC5(C)C)[C@H]5C[C@@]452)[C@@]31C.C[C@H]1OC1(C)C. The molecule has 292 valence electrons. The third-order valence-corrected chi connectivity index (χ3v) is 17.5. The maximum atomic E-state index is 13.8. The first-order valence-electron chi connectivity index (χ1n) is 20.8. The van der Waals surface area contributed by atoms with E-state index in [1.165, 1.54) is 16.8 Å². The van der Waals surface area contributed by atoms with E-state index in [0.717, 1.165) is 50.6 Å². The van der Waals surface area contributed by atoms with Crippen molar-refractivity contribution in [2.75, 3.05) is 6.79 Å². The number of allylic oxidation sites excluding steroid dienone is 2. The van der Waals surface area contributed by atoms with Gasteiger partial charge in [0.1, 0.15) is 12.9 Å². The van der Waals surface area contributed by atoms with Crippen molar-refractivity contribution in [3.63, 3.8) is 0 Å². The highest BCUT2D eigenvalue weighted by Crippen LogP contribution is 2.81. The van der Waals surface area contributed by atoms with Crippen molar-refractivity contribution in [1.82, 2.24) is 4.98 Å². The standard InChI is InChI=1S/C40H55NO6.C5H10O/c1-20-10-11-27-29(21(2)16-25-30(31(20)42)22(3)47-35(25,4)5)24-17-23-12-15-40(43)37(8,38(23,9)33(24)41-27)14-13-28-39(40)18-26(39)32-34(46-28)36(6,7)45-19-44-32;1-4-5(2,3)6-4/h10-11,21-23,25-26,28,30,32,34,41,43H,1,12-19H2,2-9H3;4H,1-3H3/b11-10-;/t21?,22?,23?,25?,26-,28?,30?,32+,34+,37-,38-,39+,40+;4-/m11/s1. The number of hydrogen-bond donors (Lipinski definition) is 2. The molecule has 0 aromatic carbocycles. The van der Waals surface area contributed by atoms with E-state index >= 15 is 0 Å². The smallest absolute Gasteiger partial charge is 0.168 e. The van der Waals surface area contributed by atoms with Crippen molar-refractivity contribution in [2.24, 2.45) is 34.5 Å². The van der Waals surface area contributed by atoms with E-state index in [-0.39, 0.29) is 88.1 Å². The van der Waals surface area contributed by atoms with Gasteiger partial charge in [-0.1, -0.05) is 27.4 Å². The molecule has 10 rings (SSSR count). The van der Waals surface area contributed by atoms with Crippen LogP contribution in [0.1, 0.15) is 143 Å². The van der Waals surface area contributed by atoms with Crippen LogP contribution in [0.4, 0.5) is 0 Å². The number of hydrogen-bond acceptors (Lipinski definition) is 7. The van der Waals surface area contributed by atoms with E-state index in [0.29, 0.717) is 17.6 Å². The van der Waals surface area contributed by atoms with Gasteiger partial charge in [0.25, 0.3) is 0 Å². The minimum atomic E-state index is -0.859. The van der Waals surface area contributed by atoms with E-state index in [2.05, 4.69) is 93.8 Å². The Bertz CT molecular complexity index is 1770. The van der Waals surface area contributed by atoms with Crippen LogP contribution < -0.4 is 0 Å². The van der Waals surface area contributed by atoms with Gasteiger partial charge in [-0.2, -0.15) is 0 Å². The first kappa shape index (κ1) is 36.8. The number of aromatic nitrogens is 1. The minimum Gasteiger partial charge on any atom is -0.389 e. The van der Waals surface area contributed by atoms with Crippen LogP contribution in [-0.4, -0.2) is 75.6 Å². The molecule has 9 aliphatic rings. The van der Waals surface area contributed by atoms with Gasteiger partial charge in [0.15, 0.2) is 5.78 Å². The molecule has 2 N–H and O–H groups in total. The minimum absolute atomic E-state index is 0.0209. The van der Waals surface area contributed by atoms with Crippen LogP contribution in [-0.2, 0) is 40.3 Å². The fourth-order valence-electron chi connectivity index (χ4n) is 13.9. The molecule has 6 unspecified atom stereocenters. The van der Waals surface area contributed by atoms with Gasteiger partial charge in [-0.05, 0) is 141 Å². The maximum absolute atomic E-state index is 13.8.